The van der Waals surface area contributed by atoms with Crippen LogP contribution in [0.1, 0.15) is 25.8 Å². The van der Waals surface area contributed by atoms with Gasteiger partial charge in [-0.15, -0.1) is 14.3 Å². The smallest absolute Gasteiger partial charge is 0.114 e. The van der Waals surface area contributed by atoms with Gasteiger partial charge in [0, 0.05) is 17.6 Å². The van der Waals surface area contributed by atoms with Crippen molar-refractivity contribution in [2.75, 3.05) is 0 Å². The van der Waals surface area contributed by atoms with E-state index in [0.29, 0.717) is 0 Å². The molecule has 2 atom stereocenters. The van der Waals surface area contributed by atoms with Crippen LogP contribution in [0.15, 0.2) is 22.5 Å². The van der Waals surface area contributed by atoms with Gasteiger partial charge in [-0.05, 0) is 31.1 Å². The zero-order valence-electron chi connectivity index (χ0n) is 9.64. The lowest BCUT2D eigenvalue weighted by molar-refractivity contribution is 0.888. The van der Waals surface area contributed by atoms with Gasteiger partial charge in [0.15, 0.2) is 0 Å². The minimum atomic E-state index is -0.160. The zero-order valence-corrected chi connectivity index (χ0v) is 10.8. The summed E-state index contributed by atoms with van der Waals surface area (Å²) < 4.78 is 0. The van der Waals surface area contributed by atoms with Crippen LogP contribution in [0, 0.1) is 0 Å². The fourth-order valence-electron chi connectivity index (χ4n) is 1.75. The molecule has 2 unspecified atom stereocenters. The van der Waals surface area contributed by atoms with E-state index in [1.807, 2.05) is 18.5 Å². The second-order valence-corrected chi connectivity index (χ2v) is 5.55. The van der Waals surface area contributed by atoms with Crippen LogP contribution in [0.3, 0.4) is 0 Å². The molecule has 0 spiro atoms. The second-order valence-electron chi connectivity index (χ2n) is 4.31. The highest BCUT2D eigenvalue weighted by molar-refractivity contribution is 7.21. The van der Waals surface area contributed by atoms with Gasteiger partial charge in [0.2, 0.25) is 0 Å². The van der Waals surface area contributed by atoms with Crippen LogP contribution in [0.25, 0.3) is 6.08 Å². The Kier molecular flexibility index (Phi) is 3.15. The molecule has 0 amide bonds. The lowest BCUT2D eigenvalue weighted by Crippen LogP contribution is -2.33. The van der Waals surface area contributed by atoms with E-state index in [-0.39, 0.29) is 5.16 Å². The molecule has 0 aliphatic carbocycles. The predicted molar refractivity (Wildman–Crippen MR) is 70.1 cm³/mol. The third kappa shape index (κ3) is 2.35. The fourth-order valence-corrected chi connectivity index (χ4v) is 1.97. The van der Waals surface area contributed by atoms with Crippen LogP contribution in [-0.4, -0.2) is 16.4 Å². The largest absolute Gasteiger partial charge is 0.255 e. The lowest BCUT2D eigenvalue weighted by Gasteiger charge is -2.10. The highest BCUT2D eigenvalue weighted by Gasteiger charge is 2.14. The highest BCUT2D eigenvalue weighted by Crippen LogP contribution is 2.16. The molecule has 84 valence electrons. The van der Waals surface area contributed by atoms with Crippen molar-refractivity contribution in [1.82, 2.24) is 4.98 Å². The molecule has 3 nitrogen and oxygen atoms in total. The van der Waals surface area contributed by atoms with Gasteiger partial charge in [0.25, 0.3) is 0 Å². The van der Waals surface area contributed by atoms with Crippen LogP contribution >= 0.6 is 9.24 Å². The summed E-state index contributed by atoms with van der Waals surface area (Å²) in [5, 5.41) is 10.1. The van der Waals surface area contributed by atoms with E-state index in [9.17, 15) is 0 Å². The van der Waals surface area contributed by atoms with Crippen LogP contribution < -0.4 is 10.7 Å². The summed E-state index contributed by atoms with van der Waals surface area (Å²) in [5.41, 5.74) is 1.23. The summed E-state index contributed by atoms with van der Waals surface area (Å²) in [6, 6.07) is 2.03. The number of hydrogen-bond acceptors (Lipinski definition) is 3. The molecule has 2 heterocycles. The summed E-state index contributed by atoms with van der Waals surface area (Å²) in [6.07, 6.45) is 7.89. The van der Waals surface area contributed by atoms with Crippen LogP contribution in [0.5, 0.6) is 0 Å². The maximum absolute atomic E-state index is 4.38. The van der Waals surface area contributed by atoms with Gasteiger partial charge >= 0.3 is 0 Å². The number of hydrogen-bond donors (Lipinski definition) is 0. The van der Waals surface area contributed by atoms with Crippen molar-refractivity contribution < 1.29 is 0 Å². The summed E-state index contributed by atoms with van der Waals surface area (Å²) in [5.74, 6) is 0. The summed E-state index contributed by atoms with van der Waals surface area (Å²) in [6.45, 7) is 4.23. The Labute approximate surface area is 97.6 Å². The molecule has 16 heavy (non-hydrogen) atoms. The van der Waals surface area contributed by atoms with Crippen molar-refractivity contribution in [3.05, 3.63) is 28.5 Å². The molecule has 0 saturated carbocycles. The van der Waals surface area contributed by atoms with E-state index in [1.54, 1.807) is 0 Å². The number of pyridine rings is 1. The average molecular weight is 233 g/mol. The van der Waals surface area contributed by atoms with E-state index in [0.717, 1.165) is 23.5 Å². The van der Waals surface area contributed by atoms with Crippen LogP contribution in [-0.2, 0) is 6.42 Å². The maximum Gasteiger partial charge on any atom is 0.114 e. The molecule has 0 radical (unpaired) electrons. The molecule has 1 aromatic rings. The quantitative estimate of drug-likeness (QED) is 0.704. The topological polar surface area (TPSA) is 37.6 Å². The summed E-state index contributed by atoms with van der Waals surface area (Å²) in [4.78, 5) is 4.38. The first-order valence-electron chi connectivity index (χ1n) is 5.50. The van der Waals surface area contributed by atoms with Gasteiger partial charge in [-0.1, -0.05) is 13.3 Å². The SMILES string of the molecule is CCCc1ccnc2c1=NN=CC(C)(P)C=2. The van der Waals surface area contributed by atoms with Gasteiger partial charge in [0.1, 0.15) is 5.36 Å². The normalized spacial score (nSPS) is 22.9. The Hall–Kier alpha value is -1.08. The van der Waals surface area contributed by atoms with Gasteiger partial charge in [-0.3, -0.25) is 4.98 Å². The highest BCUT2D eigenvalue weighted by atomic mass is 31.0. The van der Waals surface area contributed by atoms with E-state index in [4.69, 9.17) is 0 Å². The first kappa shape index (κ1) is 11.4. The Morgan fingerprint density at radius 1 is 1.44 bits per heavy atom. The van der Waals surface area contributed by atoms with Gasteiger partial charge in [-0.2, -0.15) is 5.10 Å². The third-order valence-corrected chi connectivity index (χ3v) is 2.81. The minimum absolute atomic E-state index is 0.160. The van der Waals surface area contributed by atoms with Crippen molar-refractivity contribution >= 4 is 21.5 Å². The standard InChI is InChI=1S/C12H16N3P/c1-3-4-9-5-6-13-10-7-12(2,16)8-14-15-11(9)10/h5-8H,3-4,16H2,1-2H3. The minimum Gasteiger partial charge on any atom is -0.255 e. The molecular weight excluding hydrogens is 217 g/mol. The molecule has 0 saturated heterocycles. The van der Waals surface area contributed by atoms with E-state index in [1.165, 1.54) is 5.56 Å². The van der Waals surface area contributed by atoms with Crippen molar-refractivity contribution in [1.29, 1.82) is 0 Å². The molecule has 0 fully saturated rings. The Balaban J connectivity index is 2.68. The van der Waals surface area contributed by atoms with Crippen molar-refractivity contribution in [2.24, 2.45) is 10.2 Å². The number of aromatic nitrogens is 1. The van der Waals surface area contributed by atoms with Gasteiger partial charge in [0.05, 0.1) is 5.35 Å². The number of fused-ring (bicyclic) bond motifs is 1. The van der Waals surface area contributed by atoms with Crippen molar-refractivity contribution in [3.8, 4) is 0 Å². The molecular formula is C12H16N3P. The average Bonchev–Trinajstić information content (AvgIpc) is 2.36. The number of aryl methyl sites for hydroxylation is 1. The first-order chi connectivity index (χ1) is 7.62. The van der Waals surface area contributed by atoms with E-state index >= 15 is 0 Å². The first-order valence-corrected chi connectivity index (χ1v) is 6.08. The fraction of sp³-hybridized carbons (Fsp3) is 0.417. The maximum atomic E-state index is 4.38. The Bertz CT molecular complexity index is 532. The zero-order chi connectivity index (χ0) is 11.6. The Morgan fingerprint density at radius 2 is 2.25 bits per heavy atom. The molecule has 0 N–H and O–H groups in total. The summed E-state index contributed by atoms with van der Waals surface area (Å²) in [7, 11) is 2.76. The molecule has 1 aliphatic rings. The van der Waals surface area contributed by atoms with Crippen LogP contribution in [0.4, 0.5) is 0 Å². The van der Waals surface area contributed by atoms with E-state index in [2.05, 4.69) is 44.4 Å². The molecule has 1 aliphatic heterocycles. The third-order valence-electron chi connectivity index (χ3n) is 2.50. The summed E-state index contributed by atoms with van der Waals surface area (Å²) >= 11 is 0. The molecule has 1 aromatic heterocycles. The number of rotatable bonds is 2. The molecule has 4 heteroatoms. The number of nitrogens with zero attached hydrogens (tertiary/aromatic N) is 3. The van der Waals surface area contributed by atoms with E-state index < -0.39 is 0 Å². The van der Waals surface area contributed by atoms with Gasteiger partial charge in [-0.25, -0.2) is 0 Å². The molecule has 0 bridgehead atoms. The second kappa shape index (κ2) is 4.42. The molecule has 0 aromatic carbocycles. The molecule has 2 rings (SSSR count). The van der Waals surface area contributed by atoms with Crippen molar-refractivity contribution in [3.63, 3.8) is 0 Å². The lowest BCUT2D eigenvalue weighted by atomic mass is 10.1. The van der Waals surface area contributed by atoms with Gasteiger partial charge < -0.3 is 0 Å². The predicted octanol–water partition coefficient (Wildman–Crippen LogP) is 1.07. The van der Waals surface area contributed by atoms with Crippen LogP contribution in [0.2, 0.25) is 0 Å². The monoisotopic (exact) mass is 233 g/mol. The van der Waals surface area contributed by atoms with Crippen molar-refractivity contribution in [2.45, 2.75) is 31.8 Å². The Morgan fingerprint density at radius 3 is 3.00 bits per heavy atom.